The zero-order valence-electron chi connectivity index (χ0n) is 26.3. The number of amides is 2. The van der Waals surface area contributed by atoms with Crippen LogP contribution in [0.15, 0.2) is 42.6 Å². The van der Waals surface area contributed by atoms with Gasteiger partial charge in [0, 0.05) is 63.0 Å². The quantitative estimate of drug-likeness (QED) is 0.311. The summed E-state index contributed by atoms with van der Waals surface area (Å²) in [6.45, 7) is 4.72. The van der Waals surface area contributed by atoms with Crippen LogP contribution in [0, 0.1) is 5.92 Å². The Morgan fingerprint density at radius 1 is 1.09 bits per heavy atom. The van der Waals surface area contributed by atoms with Gasteiger partial charge in [-0.25, -0.2) is 15.0 Å². The minimum absolute atomic E-state index is 0.0784. The van der Waals surface area contributed by atoms with E-state index in [2.05, 4.69) is 20.6 Å². The van der Waals surface area contributed by atoms with Gasteiger partial charge >= 0.3 is 6.18 Å². The summed E-state index contributed by atoms with van der Waals surface area (Å²) in [6.07, 6.45) is -2.77. The van der Waals surface area contributed by atoms with Crippen LogP contribution in [0.4, 0.5) is 23.2 Å². The van der Waals surface area contributed by atoms with E-state index in [0.717, 1.165) is 6.07 Å². The summed E-state index contributed by atoms with van der Waals surface area (Å²) in [5.74, 6) is -1.59. The van der Waals surface area contributed by atoms with E-state index < -0.39 is 42.0 Å². The van der Waals surface area contributed by atoms with Crippen molar-refractivity contribution in [1.29, 1.82) is 0 Å². The largest absolute Gasteiger partial charge is 0.481 e. The first-order valence-electron chi connectivity index (χ1n) is 15.4. The van der Waals surface area contributed by atoms with Gasteiger partial charge in [0.15, 0.2) is 11.4 Å². The third kappa shape index (κ3) is 7.24. The van der Waals surface area contributed by atoms with Gasteiger partial charge in [0.1, 0.15) is 0 Å². The Balaban J connectivity index is 1.47. The Kier molecular flexibility index (Phi) is 10.4. The first-order chi connectivity index (χ1) is 22.6. The van der Waals surface area contributed by atoms with E-state index in [-0.39, 0.29) is 43.2 Å². The highest BCUT2D eigenvalue weighted by Gasteiger charge is 2.40. The van der Waals surface area contributed by atoms with Crippen molar-refractivity contribution in [3.8, 4) is 23.0 Å². The van der Waals surface area contributed by atoms with Crippen LogP contribution in [0.5, 0.6) is 11.8 Å². The van der Waals surface area contributed by atoms with Gasteiger partial charge in [-0.3, -0.25) is 14.0 Å². The summed E-state index contributed by atoms with van der Waals surface area (Å²) in [6, 6.07) is 8.51. The fourth-order valence-corrected chi connectivity index (χ4v) is 5.96. The van der Waals surface area contributed by atoms with Crippen LogP contribution >= 0.6 is 0 Å². The van der Waals surface area contributed by atoms with Crippen LogP contribution < -0.4 is 25.0 Å². The van der Waals surface area contributed by atoms with Crippen LogP contribution in [0.25, 0.3) is 11.3 Å². The smallest absolute Gasteiger partial charge is 0.434 e. The second-order valence-corrected chi connectivity index (χ2v) is 11.3. The minimum atomic E-state index is -4.87. The highest BCUT2D eigenvalue weighted by molar-refractivity contribution is 5.99. The molecule has 0 bridgehead atoms. The Hall–Kier alpha value is -4.53. The molecule has 2 amide bonds. The maximum atomic E-state index is 13.9. The molecule has 0 aliphatic carbocycles. The number of nitrogens with one attached hydrogen (secondary N) is 2. The monoisotopic (exact) mass is 659 g/mol. The molecule has 3 aromatic heterocycles. The third-order valence-electron chi connectivity index (χ3n) is 8.40. The number of ether oxygens (including phenoxy) is 2. The Morgan fingerprint density at radius 2 is 1.89 bits per heavy atom. The van der Waals surface area contributed by atoms with Crippen LogP contribution in [-0.4, -0.2) is 96.9 Å². The van der Waals surface area contributed by atoms with Crippen molar-refractivity contribution >= 4 is 17.5 Å². The highest BCUT2D eigenvalue weighted by Crippen LogP contribution is 2.35. The van der Waals surface area contributed by atoms with Gasteiger partial charge in [-0.15, -0.1) is 0 Å². The average Bonchev–Trinajstić information content (AvgIpc) is 3.54. The molecule has 0 saturated carbocycles. The molecule has 15 heteroatoms. The normalized spacial score (nSPS) is 19.9. The van der Waals surface area contributed by atoms with Gasteiger partial charge in [0.05, 0.1) is 42.9 Å². The topological polar surface area (TPSA) is 122 Å². The molecule has 2 fully saturated rings. The van der Waals surface area contributed by atoms with E-state index in [1.807, 2.05) is 18.7 Å². The molecular weight excluding hydrogens is 622 g/mol. The molecule has 5 heterocycles. The first-order valence-corrected chi connectivity index (χ1v) is 15.4. The SMILES string of the molecule is CCOc1ncccc1-c1ccc(N2CCN(C(=O)c3ccc(OC)nc3C(F)(F)F)C[C@H]2CC)c(C(=O)N[C@H]2CNC[C@H]2CF)n1. The zero-order valence-corrected chi connectivity index (χ0v) is 26.3. The Labute approximate surface area is 269 Å². The maximum absolute atomic E-state index is 13.9. The summed E-state index contributed by atoms with van der Waals surface area (Å²) < 4.78 is 65.9. The number of alkyl halides is 4. The van der Waals surface area contributed by atoms with Crippen molar-refractivity contribution in [3.63, 3.8) is 0 Å². The predicted octanol–water partition coefficient (Wildman–Crippen LogP) is 3.99. The van der Waals surface area contributed by atoms with Gasteiger partial charge < -0.3 is 29.9 Å². The van der Waals surface area contributed by atoms with Gasteiger partial charge in [-0.1, -0.05) is 6.92 Å². The Morgan fingerprint density at radius 3 is 2.60 bits per heavy atom. The fraction of sp³-hybridized carbons (Fsp3) is 0.469. The number of hydrogen-bond acceptors (Lipinski definition) is 9. The lowest BCUT2D eigenvalue weighted by Crippen LogP contribution is -2.55. The molecule has 2 aliphatic rings. The predicted molar refractivity (Wildman–Crippen MR) is 165 cm³/mol. The number of rotatable bonds is 10. The number of pyridine rings is 3. The molecular formula is C32H37F4N7O4. The standard InChI is InChI=1S/C32H37F4N7O4/c1-4-20-18-42(31(45)22-8-11-26(46-3)41-28(22)32(34,35)36)13-14-43(20)25-10-9-23(21-7-6-12-38-30(21)47-5-2)39-27(25)29(44)40-24-17-37-16-19(24)15-33/h6-12,19-20,24,37H,4-5,13-18H2,1-3H3,(H,40,44)/t19-,20-,24+/m1/s1. The van der Waals surface area contributed by atoms with Crippen molar-refractivity contribution in [2.75, 3.05) is 58.0 Å². The summed E-state index contributed by atoms with van der Waals surface area (Å²) in [5, 5.41) is 6.04. The molecule has 0 spiro atoms. The summed E-state index contributed by atoms with van der Waals surface area (Å²) in [4.78, 5) is 43.2. The molecule has 2 aliphatic heterocycles. The number of hydrogen-bond donors (Lipinski definition) is 2. The molecule has 11 nitrogen and oxygen atoms in total. The number of halogens is 4. The zero-order chi connectivity index (χ0) is 33.7. The Bertz CT molecular complexity index is 1590. The summed E-state index contributed by atoms with van der Waals surface area (Å²) >= 11 is 0. The fourth-order valence-electron chi connectivity index (χ4n) is 5.96. The molecule has 5 rings (SSSR count). The maximum Gasteiger partial charge on any atom is 0.434 e. The van der Waals surface area contributed by atoms with E-state index in [0.29, 0.717) is 48.9 Å². The number of nitrogens with zero attached hydrogens (tertiary/aromatic N) is 5. The number of piperazine rings is 1. The molecule has 0 radical (unpaired) electrons. The van der Waals surface area contributed by atoms with Crippen LogP contribution in [-0.2, 0) is 6.18 Å². The number of anilines is 1. The third-order valence-corrected chi connectivity index (χ3v) is 8.40. The molecule has 2 saturated heterocycles. The van der Waals surface area contributed by atoms with Gasteiger partial charge in [0.2, 0.25) is 11.8 Å². The first kappa shape index (κ1) is 33.8. The highest BCUT2D eigenvalue weighted by atomic mass is 19.4. The van der Waals surface area contributed by atoms with E-state index in [1.54, 1.807) is 30.5 Å². The molecule has 2 N–H and O–H groups in total. The summed E-state index contributed by atoms with van der Waals surface area (Å²) in [5.41, 5.74) is -0.286. The van der Waals surface area contributed by atoms with Gasteiger partial charge in [-0.2, -0.15) is 13.2 Å². The van der Waals surface area contributed by atoms with Gasteiger partial charge in [0.25, 0.3) is 11.8 Å². The summed E-state index contributed by atoms with van der Waals surface area (Å²) in [7, 11) is 1.20. The number of carbonyl (C=O) groups excluding carboxylic acids is 2. The second-order valence-electron chi connectivity index (χ2n) is 11.3. The lowest BCUT2D eigenvalue weighted by molar-refractivity contribution is -0.141. The number of carbonyl (C=O) groups is 2. The lowest BCUT2D eigenvalue weighted by Gasteiger charge is -2.43. The van der Waals surface area contributed by atoms with E-state index in [1.165, 1.54) is 18.1 Å². The van der Waals surface area contributed by atoms with Crippen molar-refractivity contribution in [1.82, 2.24) is 30.5 Å². The second kappa shape index (κ2) is 14.5. The van der Waals surface area contributed by atoms with E-state index in [9.17, 15) is 27.2 Å². The lowest BCUT2D eigenvalue weighted by atomic mass is 10.0. The van der Waals surface area contributed by atoms with Crippen molar-refractivity contribution < 1.29 is 36.6 Å². The molecule has 0 unspecified atom stereocenters. The van der Waals surface area contributed by atoms with Crippen molar-refractivity contribution in [2.24, 2.45) is 5.92 Å². The van der Waals surface area contributed by atoms with E-state index >= 15 is 0 Å². The molecule has 3 atom stereocenters. The van der Waals surface area contributed by atoms with Crippen LogP contribution in [0.3, 0.4) is 0 Å². The van der Waals surface area contributed by atoms with Crippen LogP contribution in [0.2, 0.25) is 0 Å². The number of aromatic nitrogens is 3. The molecule has 47 heavy (non-hydrogen) atoms. The molecule has 3 aromatic rings. The molecule has 252 valence electrons. The van der Waals surface area contributed by atoms with Crippen molar-refractivity contribution in [3.05, 3.63) is 59.5 Å². The minimum Gasteiger partial charge on any atom is -0.481 e. The van der Waals surface area contributed by atoms with Crippen LogP contribution in [0.1, 0.15) is 46.8 Å². The average molecular weight is 660 g/mol. The van der Waals surface area contributed by atoms with Gasteiger partial charge in [-0.05, 0) is 43.7 Å². The van der Waals surface area contributed by atoms with E-state index in [4.69, 9.17) is 14.5 Å². The van der Waals surface area contributed by atoms with Crippen molar-refractivity contribution in [2.45, 2.75) is 38.5 Å². The number of methoxy groups -OCH3 is 1. The molecule has 0 aromatic carbocycles.